The van der Waals surface area contributed by atoms with E-state index in [0.717, 1.165) is 17.9 Å². The van der Waals surface area contributed by atoms with Crippen molar-refractivity contribution < 1.29 is 9.47 Å². The minimum absolute atomic E-state index is 0.822. The first-order valence-electron chi connectivity index (χ1n) is 16.4. The van der Waals surface area contributed by atoms with Gasteiger partial charge in [-0.05, 0) is 30.2 Å². The van der Waals surface area contributed by atoms with Crippen LogP contribution in [0.3, 0.4) is 0 Å². The molecule has 0 amide bonds. The van der Waals surface area contributed by atoms with Crippen molar-refractivity contribution in [2.24, 2.45) is 0 Å². The van der Waals surface area contributed by atoms with Gasteiger partial charge < -0.3 is 9.47 Å². The molecular formula is C40H53O2P. The molecule has 0 aliphatic carbocycles. The molecule has 0 spiro atoms. The van der Waals surface area contributed by atoms with E-state index in [0.29, 0.717) is 0 Å². The molecule has 2 nitrogen and oxygen atoms in total. The molecule has 0 aliphatic rings. The van der Waals surface area contributed by atoms with Crippen LogP contribution in [-0.4, -0.2) is 27.0 Å². The quantitative estimate of drug-likeness (QED) is 0.0841. The zero-order valence-corrected chi connectivity index (χ0v) is 28.0. The summed E-state index contributed by atoms with van der Waals surface area (Å²) in [5.74, 6) is 1.66. The molecule has 0 saturated carbocycles. The van der Waals surface area contributed by atoms with Gasteiger partial charge >= 0.3 is 197 Å². The van der Waals surface area contributed by atoms with Crippen molar-refractivity contribution in [3.8, 4) is 11.5 Å². The molecule has 230 valence electrons. The van der Waals surface area contributed by atoms with E-state index < -0.39 is 6.60 Å². The second-order valence-corrected chi connectivity index (χ2v) is 18.0. The topological polar surface area (TPSA) is 18.5 Å². The normalized spacial score (nSPS) is 12.4. The average Bonchev–Trinajstić information content (AvgIpc) is 3.06. The van der Waals surface area contributed by atoms with Crippen molar-refractivity contribution in [1.82, 2.24) is 0 Å². The molecule has 0 aromatic heterocycles. The van der Waals surface area contributed by atoms with Crippen LogP contribution in [0.4, 0.5) is 0 Å². The molecule has 0 radical (unpaired) electrons. The molecule has 0 fully saturated rings. The summed E-state index contributed by atoms with van der Waals surface area (Å²) in [6.45, 7) is 2.20. The van der Waals surface area contributed by atoms with E-state index in [1.807, 2.05) is 0 Å². The Kier molecular flexibility index (Phi) is 12.3. The van der Waals surface area contributed by atoms with Gasteiger partial charge in [-0.1, -0.05) is 0 Å². The van der Waals surface area contributed by atoms with Gasteiger partial charge in [-0.2, -0.15) is 0 Å². The Hall–Kier alpha value is -3.09. The van der Waals surface area contributed by atoms with Crippen LogP contribution in [0.1, 0.15) is 75.3 Å². The molecule has 3 heteroatoms. The molecule has 4 rings (SSSR count). The van der Waals surface area contributed by atoms with Crippen molar-refractivity contribution in [2.45, 2.75) is 77.6 Å². The van der Waals surface area contributed by atoms with E-state index >= 15 is 0 Å². The first kappa shape index (κ1) is 32.8. The minimum Gasteiger partial charge on any atom is -0.493 e. The van der Waals surface area contributed by atoms with Crippen LogP contribution in [0.2, 0.25) is 0 Å². The van der Waals surface area contributed by atoms with E-state index in [1.165, 1.54) is 97.4 Å². The van der Waals surface area contributed by atoms with Crippen LogP contribution in [0.5, 0.6) is 11.5 Å². The summed E-state index contributed by atoms with van der Waals surface area (Å²) >= 11 is 0. The van der Waals surface area contributed by atoms with Crippen molar-refractivity contribution in [3.63, 3.8) is 0 Å². The van der Waals surface area contributed by atoms with Crippen LogP contribution < -0.4 is 25.4 Å². The van der Waals surface area contributed by atoms with Crippen molar-refractivity contribution in [2.75, 3.05) is 27.0 Å². The van der Waals surface area contributed by atoms with Gasteiger partial charge in [0.15, 0.2) is 11.5 Å². The molecule has 0 heterocycles. The molecule has 0 aliphatic heterocycles. The van der Waals surface area contributed by atoms with Crippen molar-refractivity contribution in [3.05, 3.63) is 114 Å². The standard InChI is InChI=1S/C40H53O2P/c1-34-32-39(41-2)40(42-3)33-35(34)24-16-11-9-7-5-6-8-10-12-23-31-43(4,36-25-17-13-18-26-36,37-27-19-14-20-28-37)38-29-21-15-22-30-38/h13-15,17-22,25-30,32-33H,5-12,16,23-24,31H2,1-4H3. The number of hydrogen-bond acceptors (Lipinski definition) is 2. The molecule has 0 saturated heterocycles. The van der Waals surface area contributed by atoms with Crippen LogP contribution in [-0.2, 0) is 6.42 Å². The Morgan fingerprint density at radius 1 is 0.488 bits per heavy atom. The van der Waals surface area contributed by atoms with E-state index in [1.54, 1.807) is 14.2 Å². The third-order valence-electron chi connectivity index (χ3n) is 9.62. The smallest absolute Gasteiger partial charge is 0.161 e. The van der Waals surface area contributed by atoms with E-state index in [4.69, 9.17) is 9.47 Å². The van der Waals surface area contributed by atoms with Gasteiger partial charge in [-0.3, -0.25) is 0 Å². The van der Waals surface area contributed by atoms with Crippen LogP contribution in [0, 0.1) is 6.92 Å². The van der Waals surface area contributed by atoms with Crippen LogP contribution in [0.15, 0.2) is 103 Å². The molecule has 0 unspecified atom stereocenters. The Labute approximate surface area is 261 Å². The summed E-state index contributed by atoms with van der Waals surface area (Å²) in [5, 5.41) is 4.52. The molecule has 43 heavy (non-hydrogen) atoms. The summed E-state index contributed by atoms with van der Waals surface area (Å²) in [6, 6.07) is 38.4. The fourth-order valence-corrected chi connectivity index (χ4v) is 12.5. The number of aryl methyl sites for hydroxylation is 2. The summed E-state index contributed by atoms with van der Waals surface area (Å²) < 4.78 is 10.9. The van der Waals surface area contributed by atoms with E-state index in [2.05, 4.69) is 117 Å². The molecule has 0 atom stereocenters. The van der Waals surface area contributed by atoms with Gasteiger partial charge in [-0.25, -0.2) is 0 Å². The summed E-state index contributed by atoms with van der Waals surface area (Å²) in [6.07, 6.45) is 15.6. The maximum atomic E-state index is 5.50. The fourth-order valence-electron chi connectivity index (χ4n) is 6.86. The zero-order valence-electron chi connectivity index (χ0n) is 27.1. The van der Waals surface area contributed by atoms with E-state index in [-0.39, 0.29) is 0 Å². The monoisotopic (exact) mass is 596 g/mol. The van der Waals surface area contributed by atoms with Gasteiger partial charge in [0.1, 0.15) is 0 Å². The summed E-state index contributed by atoms with van der Waals surface area (Å²) in [4.78, 5) is 0. The Bertz CT molecular complexity index is 1270. The fraction of sp³-hybridized carbons (Fsp3) is 0.400. The van der Waals surface area contributed by atoms with Crippen molar-refractivity contribution in [1.29, 1.82) is 0 Å². The molecule has 0 bridgehead atoms. The number of benzene rings is 4. The number of unbranched alkanes of at least 4 members (excludes halogenated alkanes) is 9. The van der Waals surface area contributed by atoms with Crippen LogP contribution >= 0.6 is 6.60 Å². The summed E-state index contributed by atoms with van der Waals surface area (Å²) in [7, 11) is 3.42. The zero-order chi connectivity index (χ0) is 30.4. The molecule has 4 aromatic carbocycles. The summed E-state index contributed by atoms with van der Waals surface area (Å²) in [5.41, 5.74) is 2.67. The average molecular weight is 597 g/mol. The van der Waals surface area contributed by atoms with Gasteiger partial charge in [0.2, 0.25) is 0 Å². The second kappa shape index (κ2) is 16.1. The van der Waals surface area contributed by atoms with Crippen molar-refractivity contribution >= 4 is 22.5 Å². The Morgan fingerprint density at radius 3 is 1.28 bits per heavy atom. The third kappa shape index (κ3) is 7.90. The number of ether oxygens (including phenoxy) is 2. The van der Waals surface area contributed by atoms with Gasteiger partial charge in [0.25, 0.3) is 0 Å². The van der Waals surface area contributed by atoms with E-state index in [9.17, 15) is 0 Å². The van der Waals surface area contributed by atoms with Gasteiger partial charge in [0, 0.05) is 0 Å². The predicted molar refractivity (Wildman–Crippen MR) is 190 cm³/mol. The van der Waals surface area contributed by atoms with Gasteiger partial charge in [0.05, 0.1) is 14.2 Å². The number of hydrogen-bond donors (Lipinski definition) is 0. The molecule has 4 aromatic rings. The van der Waals surface area contributed by atoms with Crippen LogP contribution in [0.25, 0.3) is 0 Å². The van der Waals surface area contributed by atoms with Gasteiger partial charge in [-0.15, -0.1) is 0 Å². The largest absolute Gasteiger partial charge is 0.493 e. The number of methoxy groups -OCH3 is 2. The second-order valence-electron chi connectivity index (χ2n) is 12.4. The molecular weight excluding hydrogens is 543 g/mol. The SMILES string of the molecule is COc1cc(C)c(CCCCCCCCCCCCP(C)(c2ccccc2)(c2ccccc2)c2ccccc2)cc1OC. The Balaban J connectivity index is 1.22. The maximum Gasteiger partial charge on any atom is 0.161 e. The Morgan fingerprint density at radius 2 is 0.860 bits per heavy atom. The minimum atomic E-state index is -2.58. The maximum absolute atomic E-state index is 5.50. The predicted octanol–water partition coefficient (Wildman–Crippen LogP) is 9.62. The molecule has 0 N–H and O–H groups in total. The first-order valence-corrected chi connectivity index (χ1v) is 19.3. The number of rotatable bonds is 18. The third-order valence-corrected chi connectivity index (χ3v) is 16.1. The first-order chi connectivity index (χ1) is 21.0.